The molecule has 1 amide bonds. The predicted octanol–water partition coefficient (Wildman–Crippen LogP) is 4.58. The third kappa shape index (κ3) is 4.42. The first kappa shape index (κ1) is 19.4. The molecule has 0 bridgehead atoms. The maximum atomic E-state index is 13.4. The molecule has 29 heavy (non-hydrogen) atoms. The molecule has 0 unspecified atom stereocenters. The Labute approximate surface area is 174 Å². The molecule has 0 saturated heterocycles. The zero-order valence-electron chi connectivity index (χ0n) is 16.2. The summed E-state index contributed by atoms with van der Waals surface area (Å²) in [4.78, 5) is 15.2. The number of aromatic nitrogens is 1. The highest BCUT2D eigenvalue weighted by molar-refractivity contribution is 7.17. The fourth-order valence-electron chi connectivity index (χ4n) is 3.62. The summed E-state index contributed by atoms with van der Waals surface area (Å²) in [6, 6.07) is 24.3. The van der Waals surface area contributed by atoms with Gasteiger partial charge in [0.1, 0.15) is 5.69 Å². The molecule has 0 radical (unpaired) electrons. The van der Waals surface area contributed by atoms with Crippen LogP contribution in [0.5, 0.6) is 0 Å². The molecule has 0 atom stereocenters. The molecule has 2 aromatic heterocycles. The molecule has 1 N–H and O–H groups in total. The van der Waals surface area contributed by atoms with Crippen LogP contribution in [0.1, 0.15) is 21.6 Å². The van der Waals surface area contributed by atoms with Crippen LogP contribution >= 0.6 is 11.3 Å². The molecule has 148 valence electrons. The predicted molar refractivity (Wildman–Crippen MR) is 118 cm³/mol. The molecule has 0 aliphatic heterocycles. The molecular formula is C24H24N2O2S. The summed E-state index contributed by atoms with van der Waals surface area (Å²) in [5, 5.41) is 11.6. The van der Waals surface area contributed by atoms with Crippen LogP contribution in [-0.2, 0) is 19.5 Å². The number of rotatable bonds is 8. The summed E-state index contributed by atoms with van der Waals surface area (Å²) in [6.07, 6.45) is 0.861. The van der Waals surface area contributed by atoms with Gasteiger partial charge in [0, 0.05) is 19.6 Å². The van der Waals surface area contributed by atoms with Crippen molar-refractivity contribution in [3.63, 3.8) is 0 Å². The van der Waals surface area contributed by atoms with Crippen LogP contribution in [0, 0.1) is 0 Å². The van der Waals surface area contributed by atoms with E-state index in [2.05, 4.69) is 28.1 Å². The number of benzene rings is 2. The summed E-state index contributed by atoms with van der Waals surface area (Å²) < 4.78 is 3.24. The first-order valence-corrected chi connectivity index (χ1v) is 10.7. The van der Waals surface area contributed by atoms with Crippen molar-refractivity contribution in [1.82, 2.24) is 9.47 Å². The maximum absolute atomic E-state index is 13.4. The van der Waals surface area contributed by atoms with E-state index < -0.39 is 0 Å². The smallest absolute Gasteiger partial charge is 0.270 e. The highest BCUT2D eigenvalue weighted by atomic mass is 32.1. The van der Waals surface area contributed by atoms with Crippen molar-refractivity contribution in [3.05, 3.63) is 95.0 Å². The highest BCUT2D eigenvalue weighted by Crippen LogP contribution is 2.27. The minimum atomic E-state index is -0.0579. The standard InChI is InChI=1S/C24H24N2O2S/c27-15-14-25(18-20-9-5-2-6-10-20)24(28)22-17-23-21(12-16-29-23)26(22)13-11-19-7-3-1-4-8-19/h1-10,12,16-17,27H,11,13-15,18H2. The van der Waals surface area contributed by atoms with Crippen molar-refractivity contribution < 1.29 is 9.90 Å². The Balaban J connectivity index is 1.62. The zero-order chi connectivity index (χ0) is 20.1. The van der Waals surface area contributed by atoms with Crippen LogP contribution in [0.3, 0.4) is 0 Å². The second kappa shape index (κ2) is 9.07. The molecule has 0 saturated carbocycles. The van der Waals surface area contributed by atoms with Crippen LogP contribution in [0.2, 0.25) is 0 Å². The third-order valence-corrected chi connectivity index (χ3v) is 5.94. The van der Waals surface area contributed by atoms with Crippen LogP contribution in [-0.4, -0.2) is 33.6 Å². The van der Waals surface area contributed by atoms with E-state index in [0.717, 1.165) is 28.7 Å². The minimum Gasteiger partial charge on any atom is -0.395 e. The van der Waals surface area contributed by atoms with E-state index in [9.17, 15) is 9.90 Å². The Morgan fingerprint density at radius 1 is 0.966 bits per heavy atom. The summed E-state index contributed by atoms with van der Waals surface area (Å²) in [5.74, 6) is -0.0423. The van der Waals surface area contributed by atoms with Gasteiger partial charge >= 0.3 is 0 Å². The quantitative estimate of drug-likeness (QED) is 0.467. The van der Waals surface area contributed by atoms with Crippen molar-refractivity contribution in [2.75, 3.05) is 13.2 Å². The van der Waals surface area contributed by atoms with Crippen LogP contribution in [0.25, 0.3) is 10.2 Å². The summed E-state index contributed by atoms with van der Waals surface area (Å²) in [6.45, 7) is 1.48. The minimum absolute atomic E-state index is 0.0423. The Kier molecular flexibility index (Phi) is 6.08. The number of fused-ring (bicyclic) bond motifs is 1. The molecule has 2 aromatic carbocycles. The van der Waals surface area contributed by atoms with Gasteiger partial charge in [0.05, 0.1) is 16.8 Å². The molecule has 2 heterocycles. The van der Waals surface area contributed by atoms with Gasteiger partial charge in [-0.3, -0.25) is 4.79 Å². The first-order chi connectivity index (χ1) is 14.3. The number of hydrogen-bond donors (Lipinski definition) is 1. The molecule has 4 rings (SSSR count). The fraction of sp³-hybridized carbons (Fsp3) is 0.208. The first-order valence-electron chi connectivity index (χ1n) is 9.81. The molecule has 4 aromatic rings. The number of aliphatic hydroxyl groups is 1. The second-order valence-electron chi connectivity index (χ2n) is 7.02. The van der Waals surface area contributed by atoms with Gasteiger partial charge in [-0.1, -0.05) is 60.7 Å². The Morgan fingerprint density at radius 2 is 1.66 bits per heavy atom. The molecule has 0 aliphatic rings. The lowest BCUT2D eigenvalue weighted by atomic mass is 10.1. The van der Waals surface area contributed by atoms with Crippen LogP contribution in [0.4, 0.5) is 0 Å². The second-order valence-corrected chi connectivity index (χ2v) is 7.97. The molecule has 0 spiro atoms. The van der Waals surface area contributed by atoms with Gasteiger partial charge in [-0.2, -0.15) is 0 Å². The van der Waals surface area contributed by atoms with E-state index in [-0.39, 0.29) is 12.5 Å². The van der Waals surface area contributed by atoms with Gasteiger partial charge in [0.2, 0.25) is 0 Å². The lowest BCUT2D eigenvalue weighted by molar-refractivity contribution is 0.0697. The van der Waals surface area contributed by atoms with Gasteiger partial charge in [0.25, 0.3) is 5.91 Å². The monoisotopic (exact) mass is 404 g/mol. The number of nitrogens with zero attached hydrogens (tertiary/aromatic N) is 2. The van der Waals surface area contributed by atoms with Crippen molar-refractivity contribution in [2.45, 2.75) is 19.5 Å². The lowest BCUT2D eigenvalue weighted by Crippen LogP contribution is -2.34. The number of thiophene rings is 1. The molecular weight excluding hydrogens is 380 g/mol. The van der Waals surface area contributed by atoms with Gasteiger partial charge in [-0.15, -0.1) is 11.3 Å². The number of carbonyl (C=O) groups excluding carboxylic acids is 1. The van der Waals surface area contributed by atoms with Crippen molar-refractivity contribution >= 4 is 27.5 Å². The largest absolute Gasteiger partial charge is 0.395 e. The van der Waals surface area contributed by atoms with Gasteiger partial charge < -0.3 is 14.6 Å². The van der Waals surface area contributed by atoms with Crippen LogP contribution < -0.4 is 0 Å². The van der Waals surface area contributed by atoms with Gasteiger partial charge in [-0.25, -0.2) is 0 Å². The number of carbonyl (C=O) groups is 1. The molecule has 0 aliphatic carbocycles. The SMILES string of the molecule is O=C(c1cc2sccc2n1CCc1ccccc1)N(CCO)Cc1ccccc1. The van der Waals surface area contributed by atoms with Crippen molar-refractivity contribution in [3.8, 4) is 0 Å². The number of aryl methyl sites for hydroxylation is 2. The van der Waals surface area contributed by atoms with Crippen molar-refractivity contribution in [1.29, 1.82) is 0 Å². The summed E-state index contributed by atoms with van der Waals surface area (Å²) >= 11 is 1.65. The number of aliphatic hydroxyl groups excluding tert-OH is 1. The normalized spacial score (nSPS) is 11.1. The molecule has 5 heteroatoms. The third-order valence-electron chi connectivity index (χ3n) is 5.08. The summed E-state index contributed by atoms with van der Waals surface area (Å²) in [5.41, 5.74) is 4.09. The topological polar surface area (TPSA) is 45.5 Å². The lowest BCUT2D eigenvalue weighted by Gasteiger charge is -2.23. The molecule has 4 nitrogen and oxygen atoms in total. The van der Waals surface area contributed by atoms with Gasteiger partial charge in [0.15, 0.2) is 0 Å². The van der Waals surface area contributed by atoms with E-state index in [1.165, 1.54) is 5.56 Å². The van der Waals surface area contributed by atoms with E-state index >= 15 is 0 Å². The number of amides is 1. The zero-order valence-corrected chi connectivity index (χ0v) is 17.0. The van der Waals surface area contributed by atoms with E-state index in [0.29, 0.717) is 18.8 Å². The van der Waals surface area contributed by atoms with Crippen LogP contribution in [0.15, 0.2) is 78.2 Å². The van der Waals surface area contributed by atoms with Crippen molar-refractivity contribution in [2.24, 2.45) is 0 Å². The molecule has 0 fully saturated rings. The van der Waals surface area contributed by atoms with E-state index in [1.54, 1.807) is 16.2 Å². The average molecular weight is 405 g/mol. The Morgan fingerprint density at radius 3 is 2.34 bits per heavy atom. The van der Waals surface area contributed by atoms with E-state index in [1.807, 2.05) is 54.6 Å². The van der Waals surface area contributed by atoms with E-state index in [4.69, 9.17) is 0 Å². The van der Waals surface area contributed by atoms with Gasteiger partial charge in [-0.05, 0) is 35.1 Å². The Bertz CT molecular complexity index is 1070. The fourth-order valence-corrected chi connectivity index (χ4v) is 4.44. The summed E-state index contributed by atoms with van der Waals surface area (Å²) in [7, 11) is 0. The Hall–Kier alpha value is -2.89. The highest BCUT2D eigenvalue weighted by Gasteiger charge is 2.22. The number of hydrogen-bond acceptors (Lipinski definition) is 3. The average Bonchev–Trinajstić information content (AvgIpc) is 3.35. The maximum Gasteiger partial charge on any atom is 0.270 e.